The Labute approximate surface area is 245 Å². The van der Waals surface area contributed by atoms with Crippen molar-refractivity contribution in [2.24, 2.45) is 11.8 Å². The zero-order valence-corrected chi connectivity index (χ0v) is 24.5. The third-order valence-electron chi connectivity index (χ3n) is 10.0. The quantitative estimate of drug-likeness (QED) is 0.266. The first-order valence-electron chi connectivity index (χ1n) is 15.7. The summed E-state index contributed by atoms with van der Waals surface area (Å²) >= 11 is 0. The van der Waals surface area contributed by atoms with Gasteiger partial charge in [0.25, 0.3) is 0 Å². The lowest BCUT2D eigenvalue weighted by molar-refractivity contribution is 0.0232. The van der Waals surface area contributed by atoms with Crippen LogP contribution < -0.4 is 10.6 Å². The summed E-state index contributed by atoms with van der Waals surface area (Å²) in [5.41, 5.74) is 3.34. The molecule has 1 saturated carbocycles. The van der Waals surface area contributed by atoms with Gasteiger partial charge in [-0.2, -0.15) is 0 Å². The van der Waals surface area contributed by atoms with E-state index in [1.54, 1.807) is 11.1 Å². The fourth-order valence-corrected chi connectivity index (χ4v) is 7.92. The molecule has 1 aliphatic carbocycles. The minimum atomic E-state index is -1.35. The second kappa shape index (κ2) is 12.0. The second-order valence-electron chi connectivity index (χ2n) is 12.8. The van der Waals surface area contributed by atoms with Crippen LogP contribution in [-0.4, -0.2) is 34.7 Å². The van der Waals surface area contributed by atoms with Gasteiger partial charge >= 0.3 is 6.03 Å². The minimum absolute atomic E-state index is 0.00826. The fourth-order valence-electron chi connectivity index (χ4n) is 7.92. The van der Waals surface area contributed by atoms with Gasteiger partial charge in [0.15, 0.2) is 0 Å². The van der Waals surface area contributed by atoms with Crippen molar-refractivity contribution in [2.75, 3.05) is 6.54 Å². The highest BCUT2D eigenvalue weighted by molar-refractivity contribution is 5.75. The Morgan fingerprint density at radius 2 is 1.32 bits per heavy atom. The van der Waals surface area contributed by atoms with Crippen molar-refractivity contribution in [1.82, 2.24) is 15.5 Å². The molecule has 216 valence electrons. The van der Waals surface area contributed by atoms with Gasteiger partial charge in [-0.15, -0.1) is 0 Å². The van der Waals surface area contributed by atoms with Gasteiger partial charge in [0.05, 0.1) is 6.04 Å². The van der Waals surface area contributed by atoms with E-state index in [-0.39, 0.29) is 18.0 Å². The molecule has 0 aromatic heterocycles. The molecule has 5 nitrogen and oxygen atoms in total. The molecule has 2 amide bonds. The number of nitrogens with one attached hydrogen (secondary N) is 2. The Hall–Kier alpha value is -3.15. The van der Waals surface area contributed by atoms with Crippen molar-refractivity contribution >= 4 is 6.03 Å². The van der Waals surface area contributed by atoms with Gasteiger partial charge in [0, 0.05) is 18.1 Å². The van der Waals surface area contributed by atoms with E-state index in [0.29, 0.717) is 12.1 Å². The summed E-state index contributed by atoms with van der Waals surface area (Å²) in [6, 6.07) is 29.2. The van der Waals surface area contributed by atoms with Crippen molar-refractivity contribution in [3.8, 4) is 0 Å². The summed E-state index contributed by atoms with van der Waals surface area (Å²) < 4.78 is 0. The summed E-state index contributed by atoms with van der Waals surface area (Å²) in [5, 5.41) is 18.7. The van der Waals surface area contributed by atoms with Crippen molar-refractivity contribution in [2.45, 2.75) is 88.6 Å². The van der Waals surface area contributed by atoms with Crippen LogP contribution in [0, 0.1) is 11.8 Å². The van der Waals surface area contributed by atoms with Gasteiger partial charge in [-0.3, -0.25) is 4.90 Å². The van der Waals surface area contributed by atoms with E-state index < -0.39 is 11.6 Å². The predicted molar refractivity (Wildman–Crippen MR) is 164 cm³/mol. The molecule has 2 fully saturated rings. The summed E-state index contributed by atoms with van der Waals surface area (Å²) in [6.07, 6.45) is 8.19. The number of benzene rings is 3. The lowest BCUT2D eigenvalue weighted by Crippen LogP contribution is -2.57. The normalized spacial score (nSPS) is 24.7. The van der Waals surface area contributed by atoms with E-state index in [9.17, 15) is 9.90 Å². The van der Waals surface area contributed by atoms with E-state index in [2.05, 4.69) is 53.6 Å². The molecular formula is C36H45N3O2. The maximum absolute atomic E-state index is 13.4. The topological polar surface area (TPSA) is 64.6 Å². The van der Waals surface area contributed by atoms with Gasteiger partial charge in [0.2, 0.25) is 0 Å². The summed E-state index contributed by atoms with van der Waals surface area (Å²) in [7, 11) is 0. The third kappa shape index (κ3) is 5.54. The third-order valence-corrected chi connectivity index (χ3v) is 10.0. The first-order valence-corrected chi connectivity index (χ1v) is 15.7. The smallest absolute Gasteiger partial charge is 0.315 e. The summed E-state index contributed by atoms with van der Waals surface area (Å²) in [5.74, 6) is 0.734. The number of fused-ring (bicyclic) bond motifs is 5. The molecule has 5 heteroatoms. The number of rotatable bonds is 9. The van der Waals surface area contributed by atoms with E-state index in [0.717, 1.165) is 42.7 Å². The molecule has 3 aromatic carbocycles. The van der Waals surface area contributed by atoms with Crippen LogP contribution in [0.15, 0.2) is 84.9 Å². The standard InChI is InChI=1S/C36H45N3O2/c1-25(2)34(36(41,27-11-5-3-6-12-27)28-13-7-4-8-14-28)38-35(40)37-29-19-17-26(18-20-29)23-24-39-32-21-22-33(39)31-16-10-9-15-30(31)32/h3-16,25-26,29,32-34,41H,17-24H2,1-2H3,(H2,37,38,40)/t26-,29-,32-,33+,34-/m0/s1. The molecule has 0 spiro atoms. The lowest BCUT2D eigenvalue weighted by Gasteiger charge is -2.40. The zero-order valence-electron chi connectivity index (χ0n) is 24.5. The van der Waals surface area contributed by atoms with Crippen LogP contribution in [0.2, 0.25) is 0 Å². The number of urea groups is 1. The number of hydrogen-bond donors (Lipinski definition) is 3. The van der Waals surface area contributed by atoms with Crippen molar-refractivity contribution in [3.63, 3.8) is 0 Å². The number of aliphatic hydroxyl groups is 1. The van der Waals surface area contributed by atoms with Crippen LogP contribution in [0.5, 0.6) is 0 Å². The molecule has 41 heavy (non-hydrogen) atoms. The average Bonchev–Trinajstić information content (AvgIpc) is 3.56. The van der Waals surface area contributed by atoms with Gasteiger partial charge in [0.1, 0.15) is 5.60 Å². The van der Waals surface area contributed by atoms with Crippen LogP contribution in [0.4, 0.5) is 4.79 Å². The van der Waals surface area contributed by atoms with Crippen LogP contribution in [-0.2, 0) is 5.60 Å². The van der Waals surface area contributed by atoms with Crippen molar-refractivity contribution in [3.05, 3.63) is 107 Å². The molecule has 3 atom stereocenters. The molecule has 2 aliphatic heterocycles. The van der Waals surface area contributed by atoms with Crippen LogP contribution in [0.25, 0.3) is 0 Å². The highest BCUT2D eigenvalue weighted by Crippen LogP contribution is 2.53. The molecule has 2 bridgehead atoms. The molecule has 1 saturated heterocycles. The Kier molecular flexibility index (Phi) is 8.19. The molecule has 2 heterocycles. The SMILES string of the molecule is CC(C)[C@H](NC(=O)N[C@H]1CC[C@H](CCN2[C@@H]3CC[C@H]2c2ccccc23)CC1)C(O)(c1ccccc1)c1ccccc1. The van der Waals surface area contributed by atoms with E-state index >= 15 is 0 Å². The molecule has 3 aromatic rings. The summed E-state index contributed by atoms with van der Waals surface area (Å²) in [4.78, 5) is 16.1. The highest BCUT2D eigenvalue weighted by Gasteiger charge is 2.44. The summed E-state index contributed by atoms with van der Waals surface area (Å²) in [6.45, 7) is 5.29. The fraction of sp³-hybridized carbons (Fsp3) is 0.472. The van der Waals surface area contributed by atoms with Crippen molar-refractivity contribution < 1.29 is 9.90 Å². The Morgan fingerprint density at radius 1 is 0.805 bits per heavy atom. The lowest BCUT2D eigenvalue weighted by atomic mass is 9.76. The minimum Gasteiger partial charge on any atom is -0.378 e. The number of amides is 2. The number of hydrogen-bond acceptors (Lipinski definition) is 3. The molecule has 3 aliphatic rings. The van der Waals surface area contributed by atoms with Crippen LogP contribution in [0.1, 0.15) is 93.1 Å². The first kappa shape index (κ1) is 28.0. The average molecular weight is 552 g/mol. The number of nitrogens with zero attached hydrogens (tertiary/aromatic N) is 1. The van der Waals surface area contributed by atoms with Crippen LogP contribution >= 0.6 is 0 Å². The Bertz CT molecular complexity index is 1230. The maximum Gasteiger partial charge on any atom is 0.315 e. The van der Waals surface area contributed by atoms with E-state index in [4.69, 9.17) is 0 Å². The van der Waals surface area contributed by atoms with Gasteiger partial charge in [-0.1, -0.05) is 98.8 Å². The highest BCUT2D eigenvalue weighted by atomic mass is 16.3. The molecule has 0 radical (unpaired) electrons. The van der Waals surface area contributed by atoms with Gasteiger partial charge in [-0.25, -0.2) is 4.79 Å². The van der Waals surface area contributed by atoms with Gasteiger partial charge in [-0.05, 0) is 85.6 Å². The monoisotopic (exact) mass is 551 g/mol. The Morgan fingerprint density at radius 3 is 1.83 bits per heavy atom. The van der Waals surface area contributed by atoms with Gasteiger partial charge < -0.3 is 15.7 Å². The first-order chi connectivity index (χ1) is 19.9. The van der Waals surface area contributed by atoms with Crippen molar-refractivity contribution in [1.29, 1.82) is 0 Å². The van der Waals surface area contributed by atoms with Crippen LogP contribution in [0.3, 0.4) is 0 Å². The van der Waals surface area contributed by atoms with E-state index in [1.165, 1.54) is 25.8 Å². The van der Waals surface area contributed by atoms with E-state index in [1.807, 2.05) is 60.7 Å². The number of carbonyl (C=O) groups excluding carboxylic acids is 1. The largest absolute Gasteiger partial charge is 0.378 e. The predicted octanol–water partition coefficient (Wildman–Crippen LogP) is 7.09. The number of carbonyl (C=O) groups is 1. The molecular weight excluding hydrogens is 506 g/mol. The maximum atomic E-state index is 13.4. The molecule has 6 rings (SSSR count). The second-order valence-corrected chi connectivity index (χ2v) is 12.8. The molecule has 0 unspecified atom stereocenters. The zero-order chi connectivity index (χ0) is 28.4. The molecule has 3 N–H and O–H groups in total. The Balaban J connectivity index is 1.04.